The van der Waals surface area contributed by atoms with E-state index in [4.69, 9.17) is 23.6 Å². The van der Waals surface area contributed by atoms with Gasteiger partial charge in [-0.15, -0.1) is 0 Å². The Morgan fingerprint density at radius 1 is 1.11 bits per heavy atom. The van der Waals surface area contributed by atoms with Gasteiger partial charge in [-0.05, 0) is 5.97 Å². The summed E-state index contributed by atoms with van der Waals surface area (Å²) >= 11 is 0. The molecule has 0 aliphatic carbocycles. The van der Waals surface area contributed by atoms with E-state index in [9.17, 15) is 4.39 Å². The van der Waals surface area contributed by atoms with E-state index in [-0.39, 0.29) is 0 Å². The van der Waals surface area contributed by atoms with Crippen LogP contribution < -0.4 is 0 Å². The van der Waals surface area contributed by atoms with Crippen LogP contribution in [0.25, 0.3) is 0 Å². The highest BCUT2D eigenvalue weighted by molar-refractivity contribution is 6.20. The second-order valence-electron chi connectivity index (χ2n) is 0.129. The van der Waals surface area contributed by atoms with Gasteiger partial charge in [0.25, 0.3) is 0 Å². The number of alkyl halides is 1. The molecule has 0 bridgehead atoms. The lowest BCUT2D eigenvalue weighted by molar-refractivity contribution is 0.108. The first kappa shape index (κ1) is 24.1. The van der Waals surface area contributed by atoms with E-state index in [1.54, 1.807) is 0 Å². The zero-order valence-electron chi connectivity index (χ0n) is 4.41. The third-order valence-corrected chi connectivity index (χ3v) is 0. The Morgan fingerprint density at radius 2 is 1.11 bits per heavy atom. The van der Waals surface area contributed by atoms with Crippen LogP contribution in [-0.2, 0) is 0 Å². The Balaban J connectivity index is -0.0000000190. The van der Waals surface area contributed by atoms with E-state index < -0.39 is 0 Å². The minimum Gasteiger partial charge on any atom is -0.255 e. The van der Waals surface area contributed by atoms with Crippen LogP contribution in [0.3, 0.4) is 0 Å². The molecule has 0 saturated carbocycles. The van der Waals surface area contributed by atoms with Crippen molar-refractivity contribution in [3.8, 4) is 5.97 Å². The van der Waals surface area contributed by atoms with E-state index in [0.717, 1.165) is 0 Å². The van der Waals surface area contributed by atoms with Gasteiger partial charge in [0.2, 0.25) is 7.85 Å². The van der Waals surface area contributed by atoms with Crippen molar-refractivity contribution in [2.24, 2.45) is 0 Å². The largest absolute Gasteiger partial charge is 0.255 e. The summed E-state index contributed by atoms with van der Waals surface area (Å²) in [5, 5.41) is 7.10. The summed E-state index contributed by atoms with van der Waals surface area (Å²) in [4.78, 5) is 0. The van der Waals surface area contributed by atoms with E-state index in [0.29, 0.717) is 7.18 Å². The third-order valence-electron chi connectivity index (χ3n) is 0. The molecule has 9 heavy (non-hydrogen) atoms. The van der Waals surface area contributed by atoms with Crippen LogP contribution in [0.5, 0.6) is 0 Å². The van der Waals surface area contributed by atoms with Crippen LogP contribution in [0, 0.1) is 11.2 Å². The molecule has 0 aliphatic rings. The molecule has 1 nitrogen and oxygen atoms in total. The summed E-state index contributed by atoms with van der Waals surface area (Å²) in [7, 11) is 4.65. The second kappa shape index (κ2) is 6600. The lowest BCUT2D eigenvalue weighted by Gasteiger charge is -1.12. The molecule has 2 radical (unpaired) electrons. The number of hydrogen-bond donors (Lipinski definition) is 0. The van der Waals surface area contributed by atoms with Crippen LogP contribution >= 0.6 is 0 Å². The first-order valence-corrected chi connectivity index (χ1v) is 1.18. The SMILES string of the molecule is CF.FF.FF.[B]C#N. The van der Waals surface area contributed by atoms with Crippen molar-refractivity contribution >= 4 is 7.85 Å². The van der Waals surface area contributed by atoms with Crippen molar-refractivity contribution in [1.29, 1.82) is 5.26 Å². The number of hydrogen-bond acceptors (Lipinski definition) is 1. The molecule has 0 aromatic rings. The van der Waals surface area contributed by atoms with Crippen molar-refractivity contribution in [3.63, 3.8) is 0 Å². The molecule has 0 amide bonds. The molecule has 0 aromatic heterocycles. The predicted octanol–water partition coefficient (Wildman–Crippen LogP) is 1.90. The summed E-state index contributed by atoms with van der Waals surface area (Å²) in [5.74, 6) is 1.25. The molecule has 0 unspecified atom stereocenters. The van der Waals surface area contributed by atoms with Crippen LogP contribution in [0.2, 0.25) is 0 Å². The van der Waals surface area contributed by atoms with Crippen LogP contribution in [0.4, 0.5) is 22.7 Å². The van der Waals surface area contributed by atoms with Crippen molar-refractivity contribution in [1.82, 2.24) is 0 Å². The lowest BCUT2D eigenvalue weighted by atomic mass is 10.2. The smallest absolute Gasteiger partial charge is 0.229 e. The predicted molar refractivity (Wildman–Crippen MR) is 22.8 cm³/mol. The summed E-state index contributed by atoms with van der Waals surface area (Å²) in [5.41, 5.74) is 0. The molecule has 0 aromatic carbocycles. The Kier molecular flexibility index (Phi) is 17700. The van der Waals surface area contributed by atoms with Crippen molar-refractivity contribution in [3.05, 3.63) is 0 Å². The fourth-order valence-electron chi connectivity index (χ4n) is 0. The Morgan fingerprint density at radius 3 is 1.11 bits per heavy atom. The summed E-state index contributed by atoms with van der Waals surface area (Å²) in [6.07, 6.45) is 0. The average Bonchev–Trinajstić information content (AvgIpc) is 2.01. The lowest BCUT2D eigenvalue weighted by Crippen LogP contribution is -1.32. The molecule has 0 atom stereocenters. The maximum absolute atomic E-state index is 9.50. The highest BCUT2D eigenvalue weighted by atomic mass is 20.0. The van der Waals surface area contributed by atoms with Gasteiger partial charge in [0.1, 0.15) is 0 Å². The van der Waals surface area contributed by atoms with Crippen molar-refractivity contribution in [2.45, 2.75) is 0 Å². The average molecular weight is 147 g/mol. The summed E-state index contributed by atoms with van der Waals surface area (Å²) in [6.45, 7) is 0. The highest BCUT2D eigenvalue weighted by Gasteiger charge is 1.22. The van der Waals surface area contributed by atoms with Gasteiger partial charge in [-0.2, -0.15) is 0 Å². The van der Waals surface area contributed by atoms with Crippen LogP contribution in [-0.4, -0.2) is 15.0 Å². The number of nitrogens with zero attached hydrogens (tertiary/aromatic N) is 1. The molecule has 0 spiro atoms. The fourth-order valence-corrected chi connectivity index (χ4v) is 0. The van der Waals surface area contributed by atoms with Gasteiger partial charge in [-0.1, -0.05) is 0 Å². The Labute approximate surface area is 50.2 Å². The molecule has 0 N–H and O–H groups in total. The zero-order valence-corrected chi connectivity index (χ0v) is 4.41. The van der Waals surface area contributed by atoms with E-state index in [2.05, 4.69) is 7.85 Å². The fraction of sp³-hybridized carbons (Fsp3) is 0.500. The van der Waals surface area contributed by atoms with Gasteiger partial charge >= 0.3 is 0 Å². The van der Waals surface area contributed by atoms with Crippen LogP contribution in [0.1, 0.15) is 0 Å². The number of halogens is 5. The molecule has 0 heterocycles. The Hall–Kier alpha value is -0.795. The summed E-state index contributed by atoms with van der Waals surface area (Å²) in [6, 6.07) is 0. The maximum atomic E-state index is 9.50. The van der Waals surface area contributed by atoms with Gasteiger partial charge in [0.05, 0.1) is 7.18 Å². The maximum Gasteiger partial charge on any atom is 0.229 e. The van der Waals surface area contributed by atoms with Gasteiger partial charge in [-0.3, -0.25) is 4.39 Å². The van der Waals surface area contributed by atoms with Crippen LogP contribution in [0.15, 0.2) is 0 Å². The molecular formula is C2H3BF5N. The van der Waals surface area contributed by atoms with Gasteiger partial charge in [0.15, 0.2) is 0 Å². The first-order valence-electron chi connectivity index (χ1n) is 1.18. The standard InChI is InChI=1S/CBN.CH3F.2F2/c2-1-3;3*1-2/h;1H3;;. The second-order valence-corrected chi connectivity index (χ2v) is 0.129. The molecule has 0 aliphatic heterocycles. The van der Waals surface area contributed by atoms with E-state index >= 15 is 0 Å². The van der Waals surface area contributed by atoms with Crippen molar-refractivity contribution < 1.29 is 22.7 Å². The molecule has 0 rings (SSSR count). The van der Waals surface area contributed by atoms with Gasteiger partial charge < -0.3 is 0 Å². The monoisotopic (exact) mass is 147 g/mol. The minimum atomic E-state index is 0.500. The molecule has 54 valence electrons. The summed E-state index contributed by atoms with van der Waals surface area (Å²) < 4.78 is 41.5. The number of rotatable bonds is 0. The quantitative estimate of drug-likeness (QED) is 0.379. The molecular weight excluding hydrogens is 144 g/mol. The molecule has 0 saturated heterocycles. The van der Waals surface area contributed by atoms with E-state index in [1.807, 2.05) is 0 Å². The van der Waals surface area contributed by atoms with Gasteiger partial charge in [-0.25, -0.2) is 5.26 Å². The first-order chi connectivity index (χ1) is 4.41. The third kappa shape index (κ3) is 309. The zero-order chi connectivity index (χ0) is 8.71. The molecule has 7 heteroatoms. The topological polar surface area (TPSA) is 23.8 Å². The van der Waals surface area contributed by atoms with E-state index in [1.165, 1.54) is 5.97 Å². The normalized spacial score (nSPS) is 2.78. The molecule has 0 fully saturated rings. The van der Waals surface area contributed by atoms with Crippen molar-refractivity contribution in [2.75, 3.05) is 7.18 Å². The van der Waals surface area contributed by atoms with Gasteiger partial charge in [0, 0.05) is 18.3 Å². The minimum absolute atomic E-state index is 0.500. The Bertz CT molecular complexity index is 36.4. The highest BCUT2D eigenvalue weighted by Crippen LogP contribution is 1.42. The number of nitriles is 1.